The number of amides is 1. The molecule has 2 aliphatic rings. The summed E-state index contributed by atoms with van der Waals surface area (Å²) in [4.78, 5) is 15.3. The van der Waals surface area contributed by atoms with Crippen LogP contribution in [0.15, 0.2) is 41.0 Å². The number of halogens is 2. The molecule has 1 aliphatic carbocycles. The van der Waals surface area contributed by atoms with E-state index >= 15 is 0 Å². The first-order chi connectivity index (χ1) is 17.9. The molecular weight excluding hydrogens is 482 g/mol. The maximum atomic E-state index is 13.4. The third-order valence-corrected chi connectivity index (χ3v) is 6.52. The number of hydrogen-bond donors (Lipinski definition) is 1. The summed E-state index contributed by atoms with van der Waals surface area (Å²) in [6.45, 7) is 4.22. The first kappa shape index (κ1) is 25.3. The first-order valence-corrected chi connectivity index (χ1v) is 12.8. The van der Waals surface area contributed by atoms with Crippen molar-refractivity contribution in [2.75, 3.05) is 26.2 Å². The minimum Gasteiger partial charge on any atom is -0.492 e. The molecular formula is C28H32F2N2O5. The van der Waals surface area contributed by atoms with Crippen LogP contribution in [-0.2, 0) is 0 Å². The number of carbonyl (C=O) groups is 1. The van der Waals surface area contributed by atoms with E-state index in [1.807, 2.05) is 18.2 Å². The number of furan rings is 1. The van der Waals surface area contributed by atoms with Gasteiger partial charge in [-0.05, 0) is 82.4 Å². The average molecular weight is 515 g/mol. The molecule has 198 valence electrons. The number of ether oxygens (including phenoxy) is 3. The highest BCUT2D eigenvalue weighted by molar-refractivity contribution is 6.02. The van der Waals surface area contributed by atoms with Crippen molar-refractivity contribution in [1.29, 1.82) is 0 Å². The van der Waals surface area contributed by atoms with E-state index in [0.29, 0.717) is 29.1 Å². The number of nitrogens with one attached hydrogen (secondary N) is 1. The second-order valence-electron chi connectivity index (χ2n) is 9.84. The molecule has 9 heteroatoms. The zero-order valence-electron chi connectivity index (χ0n) is 21.1. The van der Waals surface area contributed by atoms with Crippen molar-refractivity contribution in [3.63, 3.8) is 0 Å². The van der Waals surface area contributed by atoms with E-state index in [0.717, 1.165) is 37.9 Å². The van der Waals surface area contributed by atoms with Gasteiger partial charge in [-0.1, -0.05) is 0 Å². The molecule has 2 heterocycles. The van der Waals surface area contributed by atoms with Crippen molar-refractivity contribution >= 4 is 16.9 Å². The maximum Gasteiger partial charge on any atom is 0.387 e. The minimum absolute atomic E-state index is 0.0360. The molecule has 0 spiro atoms. The number of hydrogen-bond acceptors (Lipinski definition) is 6. The summed E-state index contributed by atoms with van der Waals surface area (Å²) in [7, 11) is 0. The number of fused-ring (bicyclic) bond motifs is 1. The molecule has 1 saturated carbocycles. The van der Waals surface area contributed by atoms with Crippen LogP contribution in [0, 0.1) is 0 Å². The fourth-order valence-corrected chi connectivity index (χ4v) is 4.61. The summed E-state index contributed by atoms with van der Waals surface area (Å²) in [6.07, 6.45) is 5.47. The number of carbonyl (C=O) groups excluding carboxylic acids is 1. The van der Waals surface area contributed by atoms with Crippen molar-refractivity contribution in [3.05, 3.63) is 42.2 Å². The van der Waals surface area contributed by atoms with Crippen LogP contribution in [-0.4, -0.2) is 55.8 Å². The van der Waals surface area contributed by atoms with E-state index < -0.39 is 12.5 Å². The van der Waals surface area contributed by atoms with Gasteiger partial charge in [-0.3, -0.25) is 9.69 Å². The molecule has 5 rings (SSSR count). The summed E-state index contributed by atoms with van der Waals surface area (Å²) >= 11 is 0. The standard InChI is InChI=1S/C28H32F2N2O5/c1-17(2)36-24-13-18(14-25(37-28(29)30)26(24)27(33)31-19-5-6-19)22-16-35-23-15-20(7-8-21(22)23)34-12-11-32-9-3-4-10-32/h7-8,13-17,19,28H,3-6,9-12H2,1-2H3,(H,31,33). The summed E-state index contributed by atoms with van der Waals surface area (Å²) in [6, 6.07) is 8.72. The maximum absolute atomic E-state index is 13.4. The van der Waals surface area contributed by atoms with Crippen LogP contribution in [0.1, 0.15) is 49.9 Å². The van der Waals surface area contributed by atoms with Crippen LogP contribution in [0.4, 0.5) is 8.78 Å². The molecule has 0 bridgehead atoms. The fraction of sp³-hybridized carbons (Fsp3) is 0.464. The normalized spacial score (nSPS) is 16.1. The smallest absolute Gasteiger partial charge is 0.387 e. The van der Waals surface area contributed by atoms with Gasteiger partial charge >= 0.3 is 6.61 Å². The third-order valence-electron chi connectivity index (χ3n) is 6.52. The van der Waals surface area contributed by atoms with Crippen LogP contribution in [0.25, 0.3) is 22.1 Å². The van der Waals surface area contributed by atoms with E-state index in [1.54, 1.807) is 26.2 Å². The van der Waals surface area contributed by atoms with E-state index in [1.165, 1.54) is 18.9 Å². The van der Waals surface area contributed by atoms with E-state index in [4.69, 9.17) is 18.6 Å². The van der Waals surface area contributed by atoms with Gasteiger partial charge in [0.15, 0.2) is 0 Å². The fourth-order valence-electron chi connectivity index (χ4n) is 4.61. The van der Waals surface area contributed by atoms with Crippen molar-refractivity contribution in [2.45, 2.75) is 58.3 Å². The molecule has 1 saturated heterocycles. The second kappa shape index (κ2) is 11.0. The number of nitrogens with zero attached hydrogens (tertiary/aromatic N) is 1. The van der Waals surface area contributed by atoms with Gasteiger partial charge in [-0.2, -0.15) is 8.78 Å². The first-order valence-electron chi connectivity index (χ1n) is 12.8. The van der Waals surface area contributed by atoms with Crippen molar-refractivity contribution < 1.29 is 32.2 Å². The minimum atomic E-state index is -3.10. The SMILES string of the molecule is CC(C)Oc1cc(-c2coc3cc(OCCN4CCCC4)ccc23)cc(OC(F)F)c1C(=O)NC1CC1. The Balaban J connectivity index is 1.45. The molecule has 1 aromatic heterocycles. The summed E-state index contributed by atoms with van der Waals surface area (Å²) in [5.41, 5.74) is 1.77. The molecule has 3 aromatic rings. The summed E-state index contributed by atoms with van der Waals surface area (Å²) in [5.74, 6) is 0.147. The van der Waals surface area contributed by atoms with Gasteiger partial charge in [-0.25, -0.2) is 0 Å². The lowest BCUT2D eigenvalue weighted by molar-refractivity contribution is -0.0502. The quantitative estimate of drug-likeness (QED) is 0.346. The Kier molecular flexibility index (Phi) is 7.50. The van der Waals surface area contributed by atoms with Crippen LogP contribution in [0.5, 0.6) is 17.2 Å². The lowest BCUT2D eigenvalue weighted by Gasteiger charge is -2.19. The summed E-state index contributed by atoms with van der Waals surface area (Å²) in [5, 5.41) is 3.62. The average Bonchev–Trinajstić information content (AvgIpc) is 3.32. The molecule has 37 heavy (non-hydrogen) atoms. The molecule has 0 unspecified atom stereocenters. The molecule has 1 amide bonds. The van der Waals surface area contributed by atoms with E-state index in [9.17, 15) is 13.6 Å². The van der Waals surface area contributed by atoms with Crippen molar-refractivity contribution in [2.24, 2.45) is 0 Å². The summed E-state index contributed by atoms with van der Waals surface area (Å²) < 4.78 is 49.2. The highest BCUT2D eigenvalue weighted by Gasteiger charge is 2.29. The van der Waals surface area contributed by atoms with Crippen LogP contribution >= 0.6 is 0 Å². The third kappa shape index (κ3) is 6.15. The molecule has 0 atom stereocenters. The van der Waals surface area contributed by atoms with Crippen LogP contribution in [0.3, 0.4) is 0 Å². The lowest BCUT2D eigenvalue weighted by Crippen LogP contribution is -2.27. The van der Waals surface area contributed by atoms with Gasteiger partial charge in [0, 0.05) is 29.6 Å². The Labute approximate surface area is 214 Å². The van der Waals surface area contributed by atoms with Gasteiger partial charge in [0.25, 0.3) is 5.91 Å². The van der Waals surface area contributed by atoms with Gasteiger partial charge in [0.05, 0.1) is 12.4 Å². The van der Waals surface area contributed by atoms with Gasteiger partial charge < -0.3 is 23.9 Å². The highest BCUT2D eigenvalue weighted by atomic mass is 19.3. The largest absolute Gasteiger partial charge is 0.492 e. The Hall–Kier alpha value is -3.33. The zero-order valence-corrected chi connectivity index (χ0v) is 21.1. The number of likely N-dealkylation sites (tertiary alicyclic amines) is 1. The van der Waals surface area contributed by atoms with Crippen LogP contribution in [0.2, 0.25) is 0 Å². The molecule has 2 aromatic carbocycles. The van der Waals surface area contributed by atoms with Crippen molar-refractivity contribution in [3.8, 4) is 28.4 Å². The molecule has 2 fully saturated rings. The number of benzene rings is 2. The number of alkyl halides is 2. The molecule has 7 nitrogen and oxygen atoms in total. The zero-order chi connectivity index (χ0) is 25.9. The van der Waals surface area contributed by atoms with Gasteiger partial charge in [0.1, 0.15) is 35.0 Å². The van der Waals surface area contributed by atoms with Crippen LogP contribution < -0.4 is 19.5 Å². The van der Waals surface area contributed by atoms with E-state index in [-0.39, 0.29) is 29.2 Å². The second-order valence-corrected chi connectivity index (χ2v) is 9.84. The Bertz CT molecular complexity index is 1220. The topological polar surface area (TPSA) is 73.2 Å². The van der Waals surface area contributed by atoms with Gasteiger partial charge in [-0.15, -0.1) is 0 Å². The molecule has 1 aliphatic heterocycles. The molecule has 1 N–H and O–H groups in total. The highest BCUT2D eigenvalue weighted by Crippen LogP contribution is 2.40. The lowest BCUT2D eigenvalue weighted by atomic mass is 10.0. The number of rotatable bonds is 11. The Morgan fingerprint density at radius 2 is 1.84 bits per heavy atom. The monoisotopic (exact) mass is 514 g/mol. The van der Waals surface area contributed by atoms with Crippen molar-refractivity contribution in [1.82, 2.24) is 10.2 Å². The van der Waals surface area contributed by atoms with Gasteiger partial charge in [0.2, 0.25) is 0 Å². The predicted molar refractivity (Wildman–Crippen MR) is 136 cm³/mol. The molecule has 0 radical (unpaired) electrons. The van der Waals surface area contributed by atoms with E-state index in [2.05, 4.69) is 10.2 Å². The predicted octanol–water partition coefficient (Wildman–Crippen LogP) is 5.86. The Morgan fingerprint density at radius 3 is 2.51 bits per heavy atom. The Morgan fingerprint density at radius 1 is 1.11 bits per heavy atom.